The first kappa shape index (κ1) is 14.8. The van der Waals surface area contributed by atoms with Crippen LogP contribution in [0.2, 0.25) is 0 Å². The van der Waals surface area contributed by atoms with E-state index >= 15 is 0 Å². The van der Waals surface area contributed by atoms with Gasteiger partial charge in [0.15, 0.2) is 0 Å². The van der Waals surface area contributed by atoms with E-state index in [1.165, 1.54) is 12.4 Å². The molecule has 0 atom stereocenters. The number of hydrogen-bond donors (Lipinski definition) is 2. The van der Waals surface area contributed by atoms with Gasteiger partial charge in [-0.05, 0) is 25.0 Å². The van der Waals surface area contributed by atoms with Gasteiger partial charge in [-0.25, -0.2) is 9.97 Å². The molecule has 0 aliphatic rings. The molecular formula is C14H18N6O. The van der Waals surface area contributed by atoms with Crippen LogP contribution < -0.4 is 10.6 Å². The molecule has 0 spiro atoms. The lowest BCUT2D eigenvalue weighted by molar-refractivity contribution is 0.102. The van der Waals surface area contributed by atoms with E-state index in [1.807, 2.05) is 20.8 Å². The molecule has 7 nitrogen and oxygen atoms in total. The fraction of sp³-hybridized carbons (Fsp3) is 0.357. The summed E-state index contributed by atoms with van der Waals surface area (Å²) in [5.41, 5.74) is 1.36. The number of nitrogens with zero attached hydrogens (tertiary/aromatic N) is 4. The van der Waals surface area contributed by atoms with Crippen molar-refractivity contribution < 1.29 is 4.79 Å². The fourth-order valence-electron chi connectivity index (χ4n) is 1.73. The number of pyridine rings is 1. The van der Waals surface area contributed by atoms with Crippen LogP contribution in [0.1, 0.15) is 42.7 Å². The molecule has 0 saturated carbocycles. The molecule has 0 unspecified atom stereocenters. The van der Waals surface area contributed by atoms with Gasteiger partial charge in [0, 0.05) is 17.8 Å². The van der Waals surface area contributed by atoms with Crippen molar-refractivity contribution >= 4 is 17.7 Å². The Morgan fingerprint density at radius 2 is 2.10 bits per heavy atom. The molecule has 21 heavy (non-hydrogen) atoms. The number of carbonyl (C=O) groups excluding carboxylic acids is 1. The normalized spacial score (nSPS) is 10.5. The van der Waals surface area contributed by atoms with Gasteiger partial charge in [0.05, 0.1) is 12.4 Å². The first-order valence-corrected chi connectivity index (χ1v) is 6.81. The van der Waals surface area contributed by atoms with E-state index in [0.717, 1.165) is 12.2 Å². The summed E-state index contributed by atoms with van der Waals surface area (Å²) in [4.78, 5) is 20.7. The summed E-state index contributed by atoms with van der Waals surface area (Å²) < 4.78 is 0. The lowest BCUT2D eigenvalue weighted by Crippen LogP contribution is -2.16. The molecule has 0 fully saturated rings. The van der Waals surface area contributed by atoms with E-state index in [-0.39, 0.29) is 17.8 Å². The second-order valence-electron chi connectivity index (χ2n) is 4.77. The minimum atomic E-state index is -0.286. The number of nitrogens with one attached hydrogen (secondary N) is 2. The summed E-state index contributed by atoms with van der Waals surface area (Å²) in [7, 11) is 0. The van der Waals surface area contributed by atoms with Crippen LogP contribution in [0.4, 0.5) is 11.8 Å². The van der Waals surface area contributed by atoms with Crippen LogP contribution in [0.15, 0.2) is 24.5 Å². The van der Waals surface area contributed by atoms with Gasteiger partial charge in [0.2, 0.25) is 5.95 Å². The van der Waals surface area contributed by atoms with Crippen LogP contribution in [0, 0.1) is 0 Å². The molecule has 2 N–H and O–H groups in total. The number of rotatable bonds is 5. The highest BCUT2D eigenvalue weighted by Crippen LogP contribution is 2.18. The van der Waals surface area contributed by atoms with E-state index in [1.54, 1.807) is 12.1 Å². The van der Waals surface area contributed by atoms with Gasteiger partial charge < -0.3 is 5.32 Å². The Morgan fingerprint density at radius 3 is 2.71 bits per heavy atom. The van der Waals surface area contributed by atoms with Crippen molar-refractivity contribution in [2.24, 2.45) is 0 Å². The molecule has 7 heteroatoms. The summed E-state index contributed by atoms with van der Waals surface area (Å²) in [5.74, 6) is 0.799. The Hall–Kier alpha value is -2.57. The Morgan fingerprint density at radius 1 is 1.29 bits per heavy atom. The Balaban J connectivity index is 2.27. The van der Waals surface area contributed by atoms with E-state index in [2.05, 4.69) is 30.8 Å². The fourth-order valence-corrected chi connectivity index (χ4v) is 1.73. The third-order valence-corrected chi connectivity index (χ3v) is 2.76. The van der Waals surface area contributed by atoms with E-state index in [0.29, 0.717) is 11.4 Å². The monoisotopic (exact) mass is 286 g/mol. The topological polar surface area (TPSA) is 92.7 Å². The SMILES string of the molecule is CCNc1cc(C(=O)Nc2nccnn2)cc(C(C)C)n1. The molecule has 2 rings (SSSR count). The van der Waals surface area contributed by atoms with Crippen LogP contribution in [-0.2, 0) is 0 Å². The molecule has 2 aromatic heterocycles. The van der Waals surface area contributed by atoms with Crippen molar-refractivity contribution in [3.05, 3.63) is 35.8 Å². The lowest BCUT2D eigenvalue weighted by Gasteiger charge is -2.11. The molecule has 2 heterocycles. The number of amides is 1. The predicted octanol–water partition coefficient (Wildman–Crippen LogP) is 2.07. The second kappa shape index (κ2) is 6.74. The maximum Gasteiger partial charge on any atom is 0.258 e. The maximum absolute atomic E-state index is 12.3. The predicted molar refractivity (Wildman–Crippen MR) is 80.3 cm³/mol. The summed E-state index contributed by atoms with van der Waals surface area (Å²) in [6.45, 7) is 6.78. The zero-order valence-corrected chi connectivity index (χ0v) is 12.3. The highest BCUT2D eigenvalue weighted by atomic mass is 16.1. The van der Waals surface area contributed by atoms with E-state index in [9.17, 15) is 4.79 Å². The summed E-state index contributed by atoms with van der Waals surface area (Å²) in [6.07, 6.45) is 2.92. The molecule has 110 valence electrons. The highest BCUT2D eigenvalue weighted by molar-refractivity contribution is 6.03. The number of aromatic nitrogens is 4. The van der Waals surface area contributed by atoms with Crippen molar-refractivity contribution in [3.8, 4) is 0 Å². The van der Waals surface area contributed by atoms with E-state index < -0.39 is 0 Å². The highest BCUT2D eigenvalue weighted by Gasteiger charge is 2.13. The minimum absolute atomic E-state index is 0.176. The molecule has 0 aliphatic heterocycles. The zero-order valence-electron chi connectivity index (χ0n) is 12.3. The maximum atomic E-state index is 12.3. The first-order chi connectivity index (χ1) is 10.1. The molecule has 2 aromatic rings. The van der Waals surface area contributed by atoms with Gasteiger partial charge in [-0.15, -0.1) is 5.10 Å². The van der Waals surface area contributed by atoms with Crippen LogP contribution in [-0.4, -0.2) is 32.6 Å². The Bertz CT molecular complexity index is 614. The largest absolute Gasteiger partial charge is 0.370 e. The number of carbonyl (C=O) groups is 1. The zero-order chi connectivity index (χ0) is 15.2. The van der Waals surface area contributed by atoms with E-state index in [4.69, 9.17) is 0 Å². The van der Waals surface area contributed by atoms with Crippen molar-refractivity contribution in [1.29, 1.82) is 0 Å². The molecule has 0 aliphatic carbocycles. The Labute approximate surface area is 123 Å². The van der Waals surface area contributed by atoms with Crippen molar-refractivity contribution in [2.45, 2.75) is 26.7 Å². The summed E-state index contributed by atoms with van der Waals surface area (Å²) >= 11 is 0. The van der Waals surface area contributed by atoms with Crippen molar-refractivity contribution in [3.63, 3.8) is 0 Å². The van der Waals surface area contributed by atoms with Crippen LogP contribution in [0.25, 0.3) is 0 Å². The number of anilines is 2. The van der Waals surface area contributed by atoms with Gasteiger partial charge >= 0.3 is 0 Å². The van der Waals surface area contributed by atoms with Crippen LogP contribution in [0.5, 0.6) is 0 Å². The third-order valence-electron chi connectivity index (χ3n) is 2.76. The van der Waals surface area contributed by atoms with Gasteiger partial charge in [0.25, 0.3) is 5.91 Å². The third kappa shape index (κ3) is 3.95. The standard InChI is InChI=1S/C14H18N6O/c1-4-15-12-8-10(7-11(18-12)9(2)3)13(21)19-14-16-5-6-17-20-14/h5-9H,4H2,1-3H3,(H,15,18)(H,16,19,20,21). The molecule has 0 saturated heterocycles. The summed E-state index contributed by atoms with van der Waals surface area (Å²) in [5, 5.41) is 13.2. The molecule has 0 bridgehead atoms. The molecule has 0 radical (unpaired) electrons. The second-order valence-corrected chi connectivity index (χ2v) is 4.77. The molecule has 1 amide bonds. The van der Waals surface area contributed by atoms with Crippen LogP contribution >= 0.6 is 0 Å². The van der Waals surface area contributed by atoms with Crippen LogP contribution in [0.3, 0.4) is 0 Å². The minimum Gasteiger partial charge on any atom is -0.370 e. The van der Waals surface area contributed by atoms with Gasteiger partial charge in [-0.1, -0.05) is 13.8 Å². The van der Waals surface area contributed by atoms with Gasteiger partial charge in [-0.2, -0.15) is 5.10 Å². The van der Waals surface area contributed by atoms with Crippen molar-refractivity contribution in [2.75, 3.05) is 17.2 Å². The first-order valence-electron chi connectivity index (χ1n) is 6.81. The summed E-state index contributed by atoms with van der Waals surface area (Å²) in [6, 6.07) is 3.48. The molecular weight excluding hydrogens is 268 g/mol. The van der Waals surface area contributed by atoms with Gasteiger partial charge in [0.1, 0.15) is 5.82 Å². The quantitative estimate of drug-likeness (QED) is 0.874. The van der Waals surface area contributed by atoms with Gasteiger partial charge in [-0.3, -0.25) is 10.1 Å². The lowest BCUT2D eigenvalue weighted by atomic mass is 10.1. The van der Waals surface area contributed by atoms with Crippen molar-refractivity contribution in [1.82, 2.24) is 20.2 Å². The molecule has 0 aromatic carbocycles. The average molecular weight is 286 g/mol. The Kier molecular flexibility index (Phi) is 4.76. The average Bonchev–Trinajstić information content (AvgIpc) is 2.48. The smallest absolute Gasteiger partial charge is 0.258 e. The number of hydrogen-bond acceptors (Lipinski definition) is 6.